The van der Waals surface area contributed by atoms with Crippen LogP contribution in [0.2, 0.25) is 0 Å². The number of rotatable bonds is 9. The average Bonchev–Trinajstić information content (AvgIpc) is 2.42. The number of anilines is 1. The Morgan fingerprint density at radius 1 is 1.33 bits per heavy atom. The van der Waals surface area contributed by atoms with E-state index in [2.05, 4.69) is 18.5 Å². The summed E-state index contributed by atoms with van der Waals surface area (Å²) < 4.78 is 0. The molecule has 0 unspecified atom stereocenters. The van der Waals surface area contributed by atoms with Gasteiger partial charge in [-0.15, -0.1) is 0 Å². The second-order valence-corrected chi connectivity index (χ2v) is 5.40. The Bertz CT molecular complexity index is 340. The topological polar surface area (TPSA) is 29.1 Å². The number of carbonyl (C=O) groups excluding carboxylic acids is 1. The normalized spacial score (nSPS) is 12.1. The van der Waals surface area contributed by atoms with Crippen LogP contribution in [0.1, 0.15) is 32.6 Å². The minimum atomic E-state index is -0.0357. The quantitative estimate of drug-likeness (QED) is 0.732. The van der Waals surface area contributed by atoms with Crippen LogP contribution in [-0.2, 0) is 4.79 Å². The lowest BCUT2D eigenvalue weighted by atomic mass is 10.0. The molecule has 2 nitrogen and oxygen atoms in total. The Hall–Kier alpha value is -0.960. The van der Waals surface area contributed by atoms with Gasteiger partial charge in [0.25, 0.3) is 0 Å². The van der Waals surface area contributed by atoms with Crippen LogP contribution in [0.15, 0.2) is 30.3 Å². The van der Waals surface area contributed by atoms with Crippen LogP contribution in [0.4, 0.5) is 5.69 Å². The fourth-order valence-electron chi connectivity index (χ4n) is 1.81. The summed E-state index contributed by atoms with van der Waals surface area (Å²) in [6.45, 7) is 2.12. The number of Topliss-reactive ketones (excluding diaryl/α,β-unsaturated/α-hetero) is 1. The molecule has 0 heterocycles. The predicted octanol–water partition coefficient (Wildman–Crippen LogP) is 3.98. The first-order chi connectivity index (χ1) is 8.77. The maximum absolute atomic E-state index is 12.1. The molecule has 1 N–H and O–H groups in total. The fourth-order valence-corrected chi connectivity index (χ4v) is 2.28. The number of hydrogen-bond acceptors (Lipinski definition) is 3. The molecule has 0 spiro atoms. The first-order valence-corrected chi connectivity index (χ1v) is 8.00. The molecule has 3 heteroatoms. The second-order valence-electron chi connectivity index (χ2n) is 4.41. The first-order valence-electron chi connectivity index (χ1n) is 6.61. The van der Waals surface area contributed by atoms with E-state index in [0.717, 1.165) is 30.7 Å². The van der Waals surface area contributed by atoms with Gasteiger partial charge in [-0.1, -0.05) is 31.5 Å². The van der Waals surface area contributed by atoms with Gasteiger partial charge >= 0.3 is 0 Å². The summed E-state index contributed by atoms with van der Waals surface area (Å²) in [7, 11) is 0. The van der Waals surface area contributed by atoms with Gasteiger partial charge in [-0.25, -0.2) is 0 Å². The SMILES string of the molecule is CCCCC(=O)[C@H](CCSC)Nc1ccccc1. The molecule has 0 saturated carbocycles. The van der Waals surface area contributed by atoms with Crippen molar-refractivity contribution >= 4 is 23.2 Å². The van der Waals surface area contributed by atoms with Crippen molar-refractivity contribution in [3.05, 3.63) is 30.3 Å². The van der Waals surface area contributed by atoms with Crippen molar-refractivity contribution in [3.8, 4) is 0 Å². The summed E-state index contributed by atoms with van der Waals surface area (Å²) in [5, 5.41) is 3.36. The largest absolute Gasteiger partial charge is 0.375 e. The number of thioether (sulfide) groups is 1. The van der Waals surface area contributed by atoms with Crippen molar-refractivity contribution in [1.29, 1.82) is 0 Å². The van der Waals surface area contributed by atoms with E-state index in [4.69, 9.17) is 0 Å². The molecule has 0 aliphatic carbocycles. The maximum atomic E-state index is 12.1. The number of benzene rings is 1. The van der Waals surface area contributed by atoms with Crippen LogP contribution in [0.5, 0.6) is 0 Å². The molecule has 0 bridgehead atoms. The van der Waals surface area contributed by atoms with Crippen LogP contribution < -0.4 is 5.32 Å². The monoisotopic (exact) mass is 265 g/mol. The maximum Gasteiger partial charge on any atom is 0.155 e. The lowest BCUT2D eigenvalue weighted by Crippen LogP contribution is -2.30. The number of carbonyl (C=O) groups is 1. The van der Waals surface area contributed by atoms with Gasteiger partial charge in [0.2, 0.25) is 0 Å². The third-order valence-corrected chi connectivity index (χ3v) is 3.53. The molecule has 1 aromatic rings. The number of ketones is 1. The molecule has 0 aliphatic rings. The molecule has 0 amide bonds. The van der Waals surface area contributed by atoms with E-state index in [-0.39, 0.29) is 6.04 Å². The lowest BCUT2D eigenvalue weighted by Gasteiger charge is -2.18. The molecule has 0 fully saturated rings. The number of hydrogen-bond donors (Lipinski definition) is 1. The number of unbranched alkanes of at least 4 members (excludes halogenated alkanes) is 1. The third kappa shape index (κ3) is 5.58. The minimum absolute atomic E-state index is 0.0357. The Labute approximate surface area is 115 Å². The van der Waals surface area contributed by atoms with Gasteiger partial charge in [0.1, 0.15) is 0 Å². The van der Waals surface area contributed by atoms with Gasteiger partial charge in [-0.2, -0.15) is 11.8 Å². The number of nitrogens with one attached hydrogen (secondary N) is 1. The highest BCUT2D eigenvalue weighted by Gasteiger charge is 2.16. The zero-order chi connectivity index (χ0) is 13.2. The number of para-hydroxylation sites is 1. The van der Waals surface area contributed by atoms with E-state index in [1.165, 1.54) is 0 Å². The average molecular weight is 265 g/mol. The highest BCUT2D eigenvalue weighted by molar-refractivity contribution is 7.98. The Morgan fingerprint density at radius 3 is 2.67 bits per heavy atom. The van der Waals surface area contributed by atoms with Gasteiger partial charge in [-0.05, 0) is 37.0 Å². The molecule has 0 aliphatic heterocycles. The molecular formula is C15H23NOS. The third-order valence-electron chi connectivity index (χ3n) is 2.89. The summed E-state index contributed by atoms with van der Waals surface area (Å²) in [5.74, 6) is 1.36. The Morgan fingerprint density at radius 2 is 2.06 bits per heavy atom. The van der Waals surface area contributed by atoms with Crippen LogP contribution >= 0.6 is 11.8 Å². The summed E-state index contributed by atoms with van der Waals surface area (Å²) in [6.07, 6.45) is 5.74. The summed E-state index contributed by atoms with van der Waals surface area (Å²) in [5.41, 5.74) is 1.04. The fraction of sp³-hybridized carbons (Fsp3) is 0.533. The summed E-state index contributed by atoms with van der Waals surface area (Å²) >= 11 is 1.79. The smallest absolute Gasteiger partial charge is 0.155 e. The van der Waals surface area contributed by atoms with E-state index < -0.39 is 0 Å². The molecule has 1 rings (SSSR count). The predicted molar refractivity (Wildman–Crippen MR) is 81.4 cm³/mol. The van der Waals surface area contributed by atoms with E-state index >= 15 is 0 Å². The van der Waals surface area contributed by atoms with Gasteiger partial charge in [0.05, 0.1) is 6.04 Å². The highest BCUT2D eigenvalue weighted by atomic mass is 32.2. The van der Waals surface area contributed by atoms with E-state index in [9.17, 15) is 4.79 Å². The zero-order valence-corrected chi connectivity index (χ0v) is 12.1. The van der Waals surface area contributed by atoms with Crippen molar-refractivity contribution in [2.75, 3.05) is 17.3 Å². The van der Waals surface area contributed by atoms with Crippen molar-refractivity contribution in [2.24, 2.45) is 0 Å². The molecular weight excluding hydrogens is 242 g/mol. The first kappa shape index (κ1) is 15.1. The van der Waals surface area contributed by atoms with Crippen molar-refractivity contribution in [3.63, 3.8) is 0 Å². The summed E-state index contributed by atoms with van der Waals surface area (Å²) in [4.78, 5) is 12.1. The molecule has 0 aromatic heterocycles. The molecule has 1 aromatic carbocycles. The lowest BCUT2D eigenvalue weighted by molar-refractivity contribution is -0.119. The van der Waals surface area contributed by atoms with Crippen molar-refractivity contribution < 1.29 is 4.79 Å². The van der Waals surface area contributed by atoms with E-state index in [1.807, 2.05) is 30.3 Å². The van der Waals surface area contributed by atoms with Gasteiger partial charge in [-0.3, -0.25) is 4.79 Å². The van der Waals surface area contributed by atoms with Gasteiger partial charge in [0, 0.05) is 12.1 Å². The standard InChI is InChI=1S/C15H23NOS/c1-3-4-10-15(17)14(11-12-18-2)16-13-8-6-5-7-9-13/h5-9,14,16H,3-4,10-12H2,1-2H3/t14-/m0/s1. The molecule has 1 atom stereocenters. The van der Waals surface area contributed by atoms with Crippen LogP contribution in [0.3, 0.4) is 0 Å². The van der Waals surface area contributed by atoms with Crippen LogP contribution in [0, 0.1) is 0 Å². The summed E-state index contributed by atoms with van der Waals surface area (Å²) in [6, 6.07) is 9.96. The molecule has 0 radical (unpaired) electrons. The molecule has 0 saturated heterocycles. The molecule has 100 valence electrons. The van der Waals surface area contributed by atoms with Crippen molar-refractivity contribution in [1.82, 2.24) is 0 Å². The second kappa shape index (κ2) is 9.03. The van der Waals surface area contributed by atoms with E-state index in [0.29, 0.717) is 12.2 Å². The molecule has 18 heavy (non-hydrogen) atoms. The van der Waals surface area contributed by atoms with Gasteiger partial charge < -0.3 is 5.32 Å². The van der Waals surface area contributed by atoms with Crippen LogP contribution in [-0.4, -0.2) is 23.8 Å². The zero-order valence-electron chi connectivity index (χ0n) is 11.3. The van der Waals surface area contributed by atoms with Gasteiger partial charge in [0.15, 0.2) is 5.78 Å². The van der Waals surface area contributed by atoms with Crippen molar-refractivity contribution in [2.45, 2.75) is 38.6 Å². The van der Waals surface area contributed by atoms with Crippen LogP contribution in [0.25, 0.3) is 0 Å². The highest BCUT2D eigenvalue weighted by Crippen LogP contribution is 2.13. The van der Waals surface area contributed by atoms with E-state index in [1.54, 1.807) is 11.8 Å². The Balaban J connectivity index is 2.57. The minimum Gasteiger partial charge on any atom is -0.375 e. The Kier molecular flexibility index (Phi) is 7.58.